The van der Waals surface area contributed by atoms with E-state index in [-0.39, 0.29) is 5.92 Å². The van der Waals surface area contributed by atoms with Crippen LogP contribution in [0.4, 0.5) is 0 Å². The summed E-state index contributed by atoms with van der Waals surface area (Å²) in [5.74, 6) is 0.944. The summed E-state index contributed by atoms with van der Waals surface area (Å²) in [6, 6.07) is 16.7. The van der Waals surface area contributed by atoms with E-state index in [4.69, 9.17) is 4.74 Å². The smallest absolute Gasteiger partial charge is 0.119 e. The topological polar surface area (TPSA) is 32.7 Å². The number of rotatable bonds is 6. The molecule has 0 radical (unpaired) electrons. The average molecular weight is 354 g/mol. The number of aryl methyl sites for hydroxylation is 1. The molecule has 1 aliphatic rings. The van der Waals surface area contributed by atoms with Crippen molar-refractivity contribution in [2.75, 3.05) is 27.7 Å². The van der Waals surface area contributed by atoms with Gasteiger partial charge < -0.3 is 14.7 Å². The van der Waals surface area contributed by atoms with Crippen LogP contribution in [0.1, 0.15) is 48.3 Å². The maximum Gasteiger partial charge on any atom is 0.119 e. The third-order valence-electron chi connectivity index (χ3n) is 5.66. The molecule has 1 N–H and O–H groups in total. The van der Waals surface area contributed by atoms with Crippen molar-refractivity contribution in [2.24, 2.45) is 0 Å². The molecule has 0 bridgehead atoms. The highest BCUT2D eigenvalue weighted by Crippen LogP contribution is 2.47. The molecule has 0 unspecified atom stereocenters. The van der Waals surface area contributed by atoms with E-state index >= 15 is 0 Å². The van der Waals surface area contributed by atoms with Gasteiger partial charge in [-0.25, -0.2) is 0 Å². The molecule has 140 valence electrons. The molecular formula is C23H31NO2. The Balaban J connectivity index is 2.02. The highest BCUT2D eigenvalue weighted by molar-refractivity contribution is 5.40. The van der Waals surface area contributed by atoms with Crippen molar-refractivity contribution in [3.05, 3.63) is 65.2 Å². The van der Waals surface area contributed by atoms with Crippen molar-refractivity contribution >= 4 is 0 Å². The van der Waals surface area contributed by atoms with Gasteiger partial charge in [-0.15, -0.1) is 0 Å². The highest BCUT2D eigenvalue weighted by atomic mass is 16.5. The van der Waals surface area contributed by atoms with E-state index in [1.165, 1.54) is 11.1 Å². The van der Waals surface area contributed by atoms with Gasteiger partial charge in [-0.3, -0.25) is 0 Å². The van der Waals surface area contributed by atoms with Crippen LogP contribution in [0.15, 0.2) is 48.5 Å². The molecule has 3 nitrogen and oxygen atoms in total. The third kappa shape index (κ3) is 3.94. The summed E-state index contributed by atoms with van der Waals surface area (Å²) in [7, 11) is 5.88. The van der Waals surface area contributed by atoms with Gasteiger partial charge in [0.1, 0.15) is 5.75 Å². The molecule has 0 saturated heterocycles. The summed E-state index contributed by atoms with van der Waals surface area (Å²) in [4.78, 5) is 2.19. The fourth-order valence-corrected chi connectivity index (χ4v) is 4.36. The standard InChI is InChI=1S/C23H31NO2/c1-24(2)16-8-15-23(25)21-13-5-4-9-18(21)10-7-14-22(23)19-11-6-12-20(17-19)26-3/h4-6,9,11-13,17,22,25H,7-8,10,14-16H2,1-3H3/t22-,23+/m1/s1. The summed E-state index contributed by atoms with van der Waals surface area (Å²) in [6.07, 6.45) is 4.85. The lowest BCUT2D eigenvalue weighted by Gasteiger charge is -2.37. The predicted octanol–water partition coefficient (Wildman–Crippen LogP) is 4.34. The first-order valence-corrected chi connectivity index (χ1v) is 9.64. The number of benzene rings is 2. The summed E-state index contributed by atoms with van der Waals surface area (Å²) in [6.45, 7) is 0.981. The first kappa shape index (κ1) is 18.9. The molecule has 3 rings (SSSR count). The van der Waals surface area contributed by atoms with E-state index in [1.807, 2.05) is 12.1 Å². The molecular weight excluding hydrogens is 322 g/mol. The van der Waals surface area contributed by atoms with Crippen molar-refractivity contribution in [3.63, 3.8) is 0 Å². The van der Waals surface area contributed by atoms with E-state index in [0.29, 0.717) is 0 Å². The van der Waals surface area contributed by atoms with Gasteiger partial charge >= 0.3 is 0 Å². The normalized spacial score (nSPS) is 22.7. The van der Waals surface area contributed by atoms with Crippen LogP contribution in [0, 0.1) is 0 Å². The van der Waals surface area contributed by atoms with E-state index in [9.17, 15) is 5.11 Å². The van der Waals surface area contributed by atoms with Crippen LogP contribution in [0.5, 0.6) is 5.75 Å². The summed E-state index contributed by atoms with van der Waals surface area (Å²) >= 11 is 0. The van der Waals surface area contributed by atoms with Crippen LogP contribution in [0.25, 0.3) is 0 Å². The molecule has 0 saturated carbocycles. The Bertz CT molecular complexity index is 728. The maximum absolute atomic E-state index is 12.0. The zero-order chi connectivity index (χ0) is 18.6. The highest BCUT2D eigenvalue weighted by Gasteiger charge is 2.41. The Kier molecular flexibility index (Phi) is 6.00. The van der Waals surface area contributed by atoms with Gasteiger partial charge in [-0.2, -0.15) is 0 Å². The van der Waals surface area contributed by atoms with Crippen LogP contribution in [0.2, 0.25) is 0 Å². The molecule has 3 heteroatoms. The molecule has 2 aromatic rings. The molecule has 2 aromatic carbocycles. The minimum atomic E-state index is -0.838. The Morgan fingerprint density at radius 3 is 2.73 bits per heavy atom. The second-order valence-electron chi connectivity index (χ2n) is 7.71. The van der Waals surface area contributed by atoms with Gasteiger partial charge in [0.25, 0.3) is 0 Å². The second kappa shape index (κ2) is 8.24. The van der Waals surface area contributed by atoms with Gasteiger partial charge in [-0.05, 0) is 81.6 Å². The van der Waals surface area contributed by atoms with E-state index in [1.54, 1.807) is 7.11 Å². The molecule has 0 aliphatic heterocycles. The van der Waals surface area contributed by atoms with Crippen molar-refractivity contribution in [1.82, 2.24) is 4.90 Å². The summed E-state index contributed by atoms with van der Waals surface area (Å²) in [5.41, 5.74) is 2.75. The first-order chi connectivity index (χ1) is 12.5. The molecule has 0 spiro atoms. The predicted molar refractivity (Wildman–Crippen MR) is 107 cm³/mol. The Morgan fingerprint density at radius 2 is 1.96 bits per heavy atom. The fraction of sp³-hybridized carbons (Fsp3) is 0.478. The number of nitrogens with zero attached hydrogens (tertiary/aromatic N) is 1. The van der Waals surface area contributed by atoms with Crippen LogP contribution in [-0.4, -0.2) is 37.8 Å². The van der Waals surface area contributed by atoms with Crippen molar-refractivity contribution < 1.29 is 9.84 Å². The molecule has 1 aliphatic carbocycles. The first-order valence-electron chi connectivity index (χ1n) is 9.64. The Labute approximate surface area is 157 Å². The van der Waals surface area contributed by atoms with Gasteiger partial charge in [-0.1, -0.05) is 36.4 Å². The molecule has 26 heavy (non-hydrogen) atoms. The van der Waals surface area contributed by atoms with Crippen LogP contribution in [-0.2, 0) is 12.0 Å². The molecule has 0 aromatic heterocycles. The molecule has 0 fully saturated rings. The summed E-state index contributed by atoms with van der Waals surface area (Å²) in [5, 5.41) is 12.0. The zero-order valence-electron chi connectivity index (χ0n) is 16.2. The Morgan fingerprint density at radius 1 is 1.15 bits per heavy atom. The number of hydrogen-bond donors (Lipinski definition) is 1. The minimum Gasteiger partial charge on any atom is -0.497 e. The molecule has 0 heterocycles. The van der Waals surface area contributed by atoms with Crippen LogP contribution < -0.4 is 4.74 Å². The average Bonchev–Trinajstić information content (AvgIpc) is 2.79. The van der Waals surface area contributed by atoms with Crippen LogP contribution >= 0.6 is 0 Å². The number of hydrogen-bond acceptors (Lipinski definition) is 3. The van der Waals surface area contributed by atoms with Crippen molar-refractivity contribution in [3.8, 4) is 5.75 Å². The van der Waals surface area contributed by atoms with Crippen molar-refractivity contribution in [2.45, 2.75) is 43.6 Å². The number of aliphatic hydroxyl groups is 1. The van der Waals surface area contributed by atoms with Gasteiger partial charge in [0, 0.05) is 5.92 Å². The van der Waals surface area contributed by atoms with Gasteiger partial charge in [0.05, 0.1) is 12.7 Å². The van der Waals surface area contributed by atoms with Crippen LogP contribution in [0.3, 0.4) is 0 Å². The van der Waals surface area contributed by atoms with E-state index in [2.05, 4.69) is 55.4 Å². The lowest BCUT2D eigenvalue weighted by Crippen LogP contribution is -2.34. The summed E-state index contributed by atoms with van der Waals surface area (Å²) < 4.78 is 5.44. The lowest BCUT2D eigenvalue weighted by atomic mass is 9.73. The third-order valence-corrected chi connectivity index (χ3v) is 5.66. The van der Waals surface area contributed by atoms with Gasteiger partial charge in [0.2, 0.25) is 0 Å². The largest absolute Gasteiger partial charge is 0.497 e. The lowest BCUT2D eigenvalue weighted by molar-refractivity contribution is -0.00608. The Hall–Kier alpha value is -1.84. The fourth-order valence-electron chi connectivity index (χ4n) is 4.36. The molecule has 0 amide bonds. The monoisotopic (exact) mass is 353 g/mol. The SMILES string of the molecule is COc1cccc([C@H]2CCCc3ccccc3[C@@]2(O)CCCN(C)C)c1. The van der Waals surface area contributed by atoms with E-state index in [0.717, 1.165) is 50.0 Å². The van der Waals surface area contributed by atoms with Crippen molar-refractivity contribution in [1.29, 1.82) is 0 Å². The minimum absolute atomic E-state index is 0.0865. The number of methoxy groups -OCH3 is 1. The van der Waals surface area contributed by atoms with Gasteiger partial charge in [0.15, 0.2) is 0 Å². The zero-order valence-corrected chi connectivity index (χ0v) is 16.2. The second-order valence-corrected chi connectivity index (χ2v) is 7.71. The number of ether oxygens (including phenoxy) is 1. The maximum atomic E-state index is 12.0. The van der Waals surface area contributed by atoms with E-state index < -0.39 is 5.60 Å². The number of fused-ring (bicyclic) bond motifs is 1. The quantitative estimate of drug-likeness (QED) is 0.784. The molecule has 2 atom stereocenters.